The van der Waals surface area contributed by atoms with Crippen LogP contribution in [0.1, 0.15) is 26.7 Å². The number of benzene rings is 1. The Morgan fingerprint density at radius 2 is 2.03 bits per heavy atom. The van der Waals surface area contributed by atoms with E-state index in [0.717, 1.165) is 64.2 Å². The van der Waals surface area contributed by atoms with Gasteiger partial charge in [-0.15, -0.1) is 0 Å². The number of guanidine groups is 1. The van der Waals surface area contributed by atoms with Crippen LogP contribution in [0.5, 0.6) is 5.75 Å². The van der Waals surface area contributed by atoms with Crippen molar-refractivity contribution in [2.45, 2.75) is 32.7 Å². The lowest BCUT2D eigenvalue weighted by atomic mass is 10.0. The normalized spacial score (nSPS) is 21.4. The Labute approximate surface area is 188 Å². The quantitative estimate of drug-likeness (QED) is 0.463. The molecule has 0 radical (unpaired) electrons. The molecule has 0 bridgehead atoms. The Morgan fingerprint density at radius 1 is 1.23 bits per heavy atom. The molecule has 0 aromatic heterocycles. The van der Waals surface area contributed by atoms with Crippen molar-refractivity contribution in [1.82, 2.24) is 15.5 Å². The Morgan fingerprint density at radius 3 is 2.74 bits per heavy atom. The molecule has 2 aliphatic rings. The molecule has 2 N–H and O–H groups in total. The first-order chi connectivity index (χ1) is 15.1. The van der Waals surface area contributed by atoms with E-state index in [1.165, 1.54) is 18.5 Å². The molecular formula is C24H41N5O2. The second-order valence-corrected chi connectivity index (χ2v) is 9.07. The fraction of sp³-hybridized carbons (Fsp3) is 0.708. The summed E-state index contributed by atoms with van der Waals surface area (Å²) in [6.07, 6.45) is 2.37. The molecule has 2 unspecified atom stereocenters. The van der Waals surface area contributed by atoms with Gasteiger partial charge in [-0.05, 0) is 36.8 Å². The first kappa shape index (κ1) is 23.7. The van der Waals surface area contributed by atoms with E-state index in [-0.39, 0.29) is 0 Å². The highest BCUT2D eigenvalue weighted by Crippen LogP contribution is 2.26. The number of methoxy groups -OCH3 is 1. The van der Waals surface area contributed by atoms with E-state index in [2.05, 4.69) is 57.5 Å². The molecular weight excluding hydrogens is 390 g/mol. The van der Waals surface area contributed by atoms with Crippen molar-refractivity contribution in [3.8, 4) is 5.75 Å². The van der Waals surface area contributed by atoms with Crippen LogP contribution in [0.2, 0.25) is 0 Å². The van der Waals surface area contributed by atoms with E-state index in [0.29, 0.717) is 17.9 Å². The van der Waals surface area contributed by atoms with Gasteiger partial charge in [-0.25, -0.2) is 0 Å². The van der Waals surface area contributed by atoms with Crippen LogP contribution in [0.25, 0.3) is 0 Å². The Hall–Kier alpha value is -1.99. The number of anilines is 1. The minimum Gasteiger partial charge on any atom is -0.497 e. The van der Waals surface area contributed by atoms with Gasteiger partial charge in [0.25, 0.3) is 0 Å². The van der Waals surface area contributed by atoms with Crippen LogP contribution in [0, 0.1) is 11.8 Å². The molecule has 0 spiro atoms. The van der Waals surface area contributed by atoms with E-state index in [1.54, 1.807) is 7.11 Å². The number of hydrogen-bond acceptors (Lipinski definition) is 5. The SMILES string of the molecule is CN=C(NCC1CCN(c2cccc(OC)c2)C1)NCC(CC(C)C)N1CCOCC1. The largest absolute Gasteiger partial charge is 0.497 e. The number of aliphatic imine (C=N–C) groups is 1. The summed E-state index contributed by atoms with van der Waals surface area (Å²) in [5.74, 6) is 3.10. The second kappa shape index (κ2) is 12.2. The highest BCUT2D eigenvalue weighted by Gasteiger charge is 2.24. The summed E-state index contributed by atoms with van der Waals surface area (Å²) in [4.78, 5) is 9.48. The fourth-order valence-electron chi connectivity index (χ4n) is 4.57. The van der Waals surface area contributed by atoms with Gasteiger partial charge in [-0.3, -0.25) is 9.89 Å². The molecule has 31 heavy (non-hydrogen) atoms. The molecule has 2 heterocycles. The highest BCUT2D eigenvalue weighted by atomic mass is 16.5. The van der Waals surface area contributed by atoms with Gasteiger partial charge >= 0.3 is 0 Å². The molecule has 7 heteroatoms. The standard InChI is InChI=1S/C24H41N5O2/c1-19(2)14-22(28-10-12-31-13-11-28)17-27-24(25-3)26-16-20-8-9-29(18-20)21-6-5-7-23(15-21)30-4/h5-7,15,19-20,22H,8-14,16-18H2,1-4H3,(H2,25,26,27). The fourth-order valence-corrected chi connectivity index (χ4v) is 4.57. The van der Waals surface area contributed by atoms with Gasteiger partial charge in [-0.1, -0.05) is 19.9 Å². The van der Waals surface area contributed by atoms with E-state index in [1.807, 2.05) is 13.1 Å². The van der Waals surface area contributed by atoms with Crippen molar-refractivity contribution in [3.05, 3.63) is 24.3 Å². The number of ether oxygens (including phenoxy) is 2. The third kappa shape index (κ3) is 7.28. The van der Waals surface area contributed by atoms with Crippen LogP contribution in [-0.2, 0) is 4.74 Å². The average Bonchev–Trinajstić information content (AvgIpc) is 3.28. The summed E-state index contributed by atoms with van der Waals surface area (Å²) in [6, 6.07) is 8.86. The number of rotatable bonds is 9. The van der Waals surface area contributed by atoms with Gasteiger partial charge in [-0.2, -0.15) is 0 Å². The van der Waals surface area contributed by atoms with Crippen LogP contribution in [0.15, 0.2) is 29.3 Å². The van der Waals surface area contributed by atoms with Crippen LogP contribution >= 0.6 is 0 Å². The van der Waals surface area contributed by atoms with Crippen LogP contribution in [0.4, 0.5) is 5.69 Å². The van der Waals surface area contributed by atoms with Crippen molar-refractivity contribution in [1.29, 1.82) is 0 Å². The number of nitrogens with zero attached hydrogens (tertiary/aromatic N) is 3. The van der Waals surface area contributed by atoms with Gasteiger partial charge < -0.3 is 25.0 Å². The lowest BCUT2D eigenvalue weighted by molar-refractivity contribution is 0.0132. The summed E-state index contributed by atoms with van der Waals surface area (Å²) in [6.45, 7) is 12.3. The van der Waals surface area contributed by atoms with E-state index in [4.69, 9.17) is 9.47 Å². The van der Waals surface area contributed by atoms with Crippen molar-refractivity contribution < 1.29 is 9.47 Å². The zero-order valence-electron chi connectivity index (χ0n) is 19.8. The maximum atomic E-state index is 5.54. The van der Waals surface area contributed by atoms with Crippen molar-refractivity contribution in [3.63, 3.8) is 0 Å². The van der Waals surface area contributed by atoms with Crippen LogP contribution in [-0.4, -0.2) is 83.5 Å². The Bertz CT molecular complexity index is 690. The summed E-state index contributed by atoms with van der Waals surface area (Å²) in [7, 11) is 3.58. The first-order valence-electron chi connectivity index (χ1n) is 11.7. The predicted octanol–water partition coefficient (Wildman–Crippen LogP) is 2.43. The molecule has 1 aromatic rings. The predicted molar refractivity (Wildman–Crippen MR) is 128 cm³/mol. The molecule has 3 rings (SSSR count). The van der Waals surface area contributed by atoms with Crippen LogP contribution < -0.4 is 20.3 Å². The Kier molecular flexibility index (Phi) is 9.28. The summed E-state index contributed by atoms with van der Waals surface area (Å²) in [5, 5.41) is 7.14. The monoisotopic (exact) mass is 431 g/mol. The zero-order chi connectivity index (χ0) is 22.1. The van der Waals surface area contributed by atoms with E-state index < -0.39 is 0 Å². The van der Waals surface area contributed by atoms with Gasteiger partial charge in [0.1, 0.15) is 5.75 Å². The summed E-state index contributed by atoms with van der Waals surface area (Å²) in [5.41, 5.74) is 1.24. The van der Waals surface area contributed by atoms with Crippen molar-refractivity contribution in [2.75, 3.05) is 71.5 Å². The number of hydrogen-bond donors (Lipinski definition) is 2. The van der Waals surface area contributed by atoms with Crippen molar-refractivity contribution in [2.24, 2.45) is 16.8 Å². The Balaban J connectivity index is 1.45. The lowest BCUT2D eigenvalue weighted by Gasteiger charge is -2.35. The minimum absolute atomic E-state index is 0.512. The highest BCUT2D eigenvalue weighted by molar-refractivity contribution is 5.79. The third-order valence-electron chi connectivity index (χ3n) is 6.30. The molecule has 0 amide bonds. The first-order valence-corrected chi connectivity index (χ1v) is 11.7. The third-order valence-corrected chi connectivity index (χ3v) is 6.30. The van der Waals surface area contributed by atoms with Gasteiger partial charge in [0.05, 0.1) is 20.3 Å². The maximum absolute atomic E-state index is 5.54. The van der Waals surface area contributed by atoms with Gasteiger partial charge in [0.15, 0.2) is 5.96 Å². The molecule has 1 aromatic carbocycles. The van der Waals surface area contributed by atoms with Crippen molar-refractivity contribution >= 4 is 11.6 Å². The number of morpholine rings is 1. The average molecular weight is 432 g/mol. The zero-order valence-corrected chi connectivity index (χ0v) is 19.8. The smallest absolute Gasteiger partial charge is 0.191 e. The number of nitrogens with one attached hydrogen (secondary N) is 2. The molecule has 0 saturated carbocycles. The molecule has 7 nitrogen and oxygen atoms in total. The maximum Gasteiger partial charge on any atom is 0.191 e. The molecule has 2 atom stereocenters. The topological polar surface area (TPSA) is 61.4 Å². The van der Waals surface area contributed by atoms with E-state index >= 15 is 0 Å². The molecule has 174 valence electrons. The summed E-state index contributed by atoms with van der Waals surface area (Å²) < 4.78 is 10.9. The van der Waals surface area contributed by atoms with Crippen LogP contribution in [0.3, 0.4) is 0 Å². The minimum atomic E-state index is 0.512. The second-order valence-electron chi connectivity index (χ2n) is 9.07. The molecule has 2 saturated heterocycles. The lowest BCUT2D eigenvalue weighted by Crippen LogP contribution is -2.51. The summed E-state index contributed by atoms with van der Waals surface area (Å²) >= 11 is 0. The molecule has 2 fully saturated rings. The molecule has 0 aliphatic carbocycles. The van der Waals surface area contributed by atoms with Gasteiger partial charge in [0, 0.05) is 64.1 Å². The van der Waals surface area contributed by atoms with Gasteiger partial charge in [0.2, 0.25) is 0 Å². The van der Waals surface area contributed by atoms with E-state index in [9.17, 15) is 0 Å². The molecule has 2 aliphatic heterocycles.